The van der Waals surface area contributed by atoms with Crippen LogP contribution in [0.25, 0.3) is 16.3 Å². The summed E-state index contributed by atoms with van der Waals surface area (Å²) in [4.78, 5) is 42.8. The Bertz CT molecular complexity index is 1660. The Hall–Kier alpha value is -4.71. The summed E-state index contributed by atoms with van der Waals surface area (Å²) in [7, 11) is 1.60. The topological polar surface area (TPSA) is 72.9 Å². The Kier molecular flexibility index (Phi) is 4.98. The van der Waals surface area contributed by atoms with E-state index in [-0.39, 0.29) is 11.8 Å². The number of amides is 2. The monoisotopic (exact) mass is 501 g/mol. The fourth-order valence-corrected chi connectivity index (χ4v) is 6.27. The second kappa shape index (κ2) is 8.42. The molecule has 4 aromatic rings. The summed E-state index contributed by atoms with van der Waals surface area (Å²) in [5, 5.41) is 1.79. The third kappa shape index (κ3) is 3.16. The van der Waals surface area contributed by atoms with Gasteiger partial charge in [-0.3, -0.25) is 14.4 Å². The standard InChI is InChI=1S/C32H23NO5/c1-37-21-14-11-19(12-15-21)24-17-25-23-16-13-18-7-5-6-10-22(18)29(23)38-32(36)27(25)28-26(24)30(34)33(31(28)35)20-8-3-2-4-9-20/h2-17,24,26-28H,1H3/t24-,26-,27-,28+/m0/s1. The number of esters is 1. The van der Waals surface area contributed by atoms with Gasteiger partial charge >= 0.3 is 5.97 Å². The number of allylic oxidation sites excluding steroid dienone is 1. The van der Waals surface area contributed by atoms with Crippen LogP contribution < -0.4 is 14.4 Å². The number of ether oxygens (including phenoxy) is 2. The van der Waals surface area contributed by atoms with Crippen molar-refractivity contribution in [3.8, 4) is 11.5 Å². The fourth-order valence-electron chi connectivity index (χ4n) is 6.27. The molecule has 6 nitrogen and oxygen atoms in total. The van der Waals surface area contributed by atoms with E-state index in [1.165, 1.54) is 4.90 Å². The molecule has 1 aliphatic carbocycles. The molecule has 2 aliphatic heterocycles. The van der Waals surface area contributed by atoms with Gasteiger partial charge in [-0.05, 0) is 40.8 Å². The van der Waals surface area contributed by atoms with Crippen LogP contribution in [0.15, 0.2) is 97.1 Å². The summed E-state index contributed by atoms with van der Waals surface area (Å²) in [5.41, 5.74) is 2.90. The van der Waals surface area contributed by atoms with E-state index >= 15 is 0 Å². The minimum atomic E-state index is -0.873. The number of carbonyl (C=O) groups is 3. The van der Waals surface area contributed by atoms with E-state index < -0.39 is 29.6 Å². The highest BCUT2D eigenvalue weighted by Gasteiger charge is 2.60. The Balaban J connectivity index is 1.44. The molecule has 6 heteroatoms. The van der Waals surface area contributed by atoms with Crippen LogP contribution in [0, 0.1) is 17.8 Å². The van der Waals surface area contributed by atoms with Gasteiger partial charge in [-0.1, -0.05) is 72.8 Å². The maximum Gasteiger partial charge on any atom is 0.319 e. The van der Waals surface area contributed by atoms with Crippen molar-refractivity contribution >= 4 is 39.8 Å². The van der Waals surface area contributed by atoms with Gasteiger partial charge in [-0.15, -0.1) is 0 Å². The number of rotatable bonds is 3. The Morgan fingerprint density at radius 2 is 1.47 bits per heavy atom. The smallest absolute Gasteiger partial charge is 0.319 e. The molecule has 0 saturated carbocycles. The third-order valence-electron chi connectivity index (χ3n) is 8.00. The zero-order valence-electron chi connectivity index (χ0n) is 20.5. The van der Waals surface area contributed by atoms with Crippen molar-refractivity contribution in [1.82, 2.24) is 0 Å². The van der Waals surface area contributed by atoms with E-state index in [1.807, 2.05) is 72.8 Å². The van der Waals surface area contributed by atoms with Crippen molar-refractivity contribution < 1.29 is 23.9 Å². The summed E-state index contributed by atoms with van der Waals surface area (Å²) in [6.07, 6.45) is 2.00. The predicted molar refractivity (Wildman–Crippen MR) is 143 cm³/mol. The molecule has 0 spiro atoms. The van der Waals surface area contributed by atoms with Crippen molar-refractivity contribution in [2.45, 2.75) is 5.92 Å². The highest BCUT2D eigenvalue weighted by molar-refractivity contribution is 6.24. The summed E-state index contributed by atoms with van der Waals surface area (Å²) in [6, 6.07) is 28.1. The molecule has 1 saturated heterocycles. The van der Waals surface area contributed by atoms with E-state index in [2.05, 4.69) is 0 Å². The molecule has 4 aromatic carbocycles. The second-order valence-corrected chi connectivity index (χ2v) is 9.88. The molecule has 2 heterocycles. The summed E-state index contributed by atoms with van der Waals surface area (Å²) < 4.78 is 11.3. The van der Waals surface area contributed by atoms with E-state index in [1.54, 1.807) is 31.4 Å². The first-order chi connectivity index (χ1) is 18.6. The minimum absolute atomic E-state index is 0.306. The first-order valence-corrected chi connectivity index (χ1v) is 12.6. The van der Waals surface area contributed by atoms with E-state index in [4.69, 9.17) is 9.47 Å². The third-order valence-corrected chi connectivity index (χ3v) is 8.00. The minimum Gasteiger partial charge on any atom is -0.497 e. The lowest BCUT2D eigenvalue weighted by Gasteiger charge is -2.38. The van der Waals surface area contributed by atoms with Crippen LogP contribution >= 0.6 is 0 Å². The Morgan fingerprint density at radius 1 is 0.763 bits per heavy atom. The first kappa shape index (κ1) is 22.5. The van der Waals surface area contributed by atoms with E-state index in [0.717, 1.165) is 27.5 Å². The molecule has 0 bridgehead atoms. The van der Waals surface area contributed by atoms with Gasteiger partial charge in [0.25, 0.3) is 0 Å². The number of fused-ring (bicyclic) bond motifs is 7. The van der Waals surface area contributed by atoms with Crippen LogP contribution in [0.5, 0.6) is 11.5 Å². The van der Waals surface area contributed by atoms with Crippen molar-refractivity contribution in [3.63, 3.8) is 0 Å². The molecule has 1 fully saturated rings. The summed E-state index contributed by atoms with van der Waals surface area (Å²) >= 11 is 0. The molecule has 38 heavy (non-hydrogen) atoms. The van der Waals surface area contributed by atoms with Crippen LogP contribution in [-0.2, 0) is 14.4 Å². The van der Waals surface area contributed by atoms with Gasteiger partial charge in [0, 0.05) is 16.9 Å². The van der Waals surface area contributed by atoms with Gasteiger partial charge in [-0.2, -0.15) is 0 Å². The Morgan fingerprint density at radius 3 is 2.24 bits per heavy atom. The highest BCUT2D eigenvalue weighted by Crippen LogP contribution is 2.55. The lowest BCUT2D eigenvalue weighted by Crippen LogP contribution is -2.42. The number of anilines is 1. The molecule has 3 aliphatic rings. The zero-order chi connectivity index (χ0) is 26.0. The average Bonchev–Trinajstić information content (AvgIpc) is 3.22. The zero-order valence-corrected chi connectivity index (χ0v) is 20.5. The number of carbonyl (C=O) groups excluding carboxylic acids is 3. The Labute approximate surface area is 219 Å². The molecule has 0 aromatic heterocycles. The van der Waals surface area contributed by atoms with Crippen molar-refractivity contribution in [2.75, 3.05) is 12.0 Å². The fraction of sp³-hybridized carbons (Fsp3) is 0.156. The molecule has 186 valence electrons. The molecule has 2 amide bonds. The maximum atomic E-state index is 14.0. The molecule has 7 rings (SSSR count). The number of methoxy groups -OCH3 is 1. The van der Waals surface area contributed by atoms with Crippen molar-refractivity contribution in [1.29, 1.82) is 0 Å². The number of hydrogen-bond donors (Lipinski definition) is 0. The lowest BCUT2D eigenvalue weighted by molar-refractivity contribution is -0.142. The van der Waals surface area contributed by atoms with Gasteiger partial charge in [0.05, 0.1) is 30.6 Å². The average molecular weight is 502 g/mol. The largest absolute Gasteiger partial charge is 0.497 e. The number of para-hydroxylation sites is 1. The first-order valence-electron chi connectivity index (χ1n) is 12.6. The van der Waals surface area contributed by atoms with Gasteiger partial charge in [0.15, 0.2) is 0 Å². The van der Waals surface area contributed by atoms with Crippen LogP contribution in [0.2, 0.25) is 0 Å². The number of benzene rings is 4. The normalized spacial score (nSPS) is 23.9. The van der Waals surface area contributed by atoms with Crippen molar-refractivity contribution in [2.24, 2.45) is 17.8 Å². The van der Waals surface area contributed by atoms with E-state index in [0.29, 0.717) is 17.2 Å². The quantitative estimate of drug-likeness (QED) is 0.214. The molecule has 0 radical (unpaired) electrons. The molecule has 0 unspecified atom stereocenters. The maximum absolute atomic E-state index is 14.0. The molecule has 0 N–H and O–H groups in total. The van der Waals surface area contributed by atoms with Gasteiger partial charge < -0.3 is 9.47 Å². The van der Waals surface area contributed by atoms with Gasteiger partial charge in [-0.25, -0.2) is 4.90 Å². The van der Waals surface area contributed by atoms with E-state index in [9.17, 15) is 14.4 Å². The summed E-state index contributed by atoms with van der Waals surface area (Å²) in [6.45, 7) is 0. The lowest BCUT2D eigenvalue weighted by atomic mass is 9.64. The highest BCUT2D eigenvalue weighted by atomic mass is 16.5. The van der Waals surface area contributed by atoms with Crippen LogP contribution in [0.4, 0.5) is 5.69 Å². The van der Waals surface area contributed by atoms with Crippen LogP contribution in [-0.4, -0.2) is 24.9 Å². The number of imide groups is 1. The number of nitrogens with zero attached hydrogens (tertiary/aromatic N) is 1. The van der Waals surface area contributed by atoms with Gasteiger partial charge in [0.2, 0.25) is 11.8 Å². The predicted octanol–water partition coefficient (Wildman–Crippen LogP) is 5.37. The number of hydrogen-bond acceptors (Lipinski definition) is 5. The van der Waals surface area contributed by atoms with Crippen LogP contribution in [0.3, 0.4) is 0 Å². The second-order valence-electron chi connectivity index (χ2n) is 9.88. The molecular formula is C32H23NO5. The van der Waals surface area contributed by atoms with Gasteiger partial charge in [0.1, 0.15) is 11.5 Å². The molecular weight excluding hydrogens is 478 g/mol. The van der Waals surface area contributed by atoms with Crippen LogP contribution in [0.1, 0.15) is 17.0 Å². The SMILES string of the molecule is COc1ccc([C@@H]2C=C3c4ccc5ccccc5c4OC(=O)[C@@H]3[C@@H]3C(=O)N(c4ccccc4)C(=O)[C@H]32)cc1. The summed E-state index contributed by atoms with van der Waals surface area (Å²) in [5.74, 6) is -2.87. The molecule has 4 atom stereocenters. The van der Waals surface area contributed by atoms with Crippen molar-refractivity contribution in [3.05, 3.63) is 108 Å².